The van der Waals surface area contributed by atoms with E-state index in [0.717, 1.165) is 12.8 Å². The van der Waals surface area contributed by atoms with E-state index in [4.69, 9.17) is 0 Å². The quantitative estimate of drug-likeness (QED) is 0.309. The number of carboxylic acids is 1. The Morgan fingerprint density at radius 2 is 1.26 bits per heavy atom. The van der Waals surface area contributed by atoms with Gasteiger partial charge < -0.3 is 19.7 Å². The van der Waals surface area contributed by atoms with Gasteiger partial charge in [0.2, 0.25) is 5.91 Å². The Kier molecular flexibility index (Phi) is 14.3. The smallest absolute Gasteiger partial charge is 0.220 e. The molecular formula is C22H44N2O3. The van der Waals surface area contributed by atoms with Crippen LogP contribution in [0, 0.1) is 0 Å². The molecule has 1 N–H and O–H groups in total. The maximum absolute atomic E-state index is 12.2. The van der Waals surface area contributed by atoms with Crippen molar-refractivity contribution < 1.29 is 19.2 Å². The van der Waals surface area contributed by atoms with Crippen molar-refractivity contribution in [2.75, 3.05) is 21.1 Å². The van der Waals surface area contributed by atoms with Crippen LogP contribution in [0.1, 0.15) is 97.3 Å². The number of amides is 1. The van der Waals surface area contributed by atoms with Gasteiger partial charge in [0.05, 0.1) is 27.2 Å². The third-order valence-electron chi connectivity index (χ3n) is 5.25. The molecule has 0 bridgehead atoms. The predicted molar refractivity (Wildman–Crippen MR) is 110 cm³/mol. The van der Waals surface area contributed by atoms with E-state index in [2.05, 4.69) is 12.2 Å². The number of carboxylic acid groups (broad SMARTS) is 1. The molecule has 27 heavy (non-hydrogen) atoms. The fourth-order valence-electron chi connectivity index (χ4n) is 3.65. The van der Waals surface area contributed by atoms with E-state index in [1.807, 2.05) is 28.1 Å². The van der Waals surface area contributed by atoms with Crippen molar-refractivity contribution in [3.8, 4) is 0 Å². The second-order valence-corrected chi connectivity index (χ2v) is 8.75. The monoisotopic (exact) mass is 384 g/mol. The third-order valence-corrected chi connectivity index (χ3v) is 5.25. The van der Waals surface area contributed by atoms with Crippen LogP contribution in [-0.2, 0) is 9.59 Å². The van der Waals surface area contributed by atoms with Crippen molar-refractivity contribution in [1.29, 1.82) is 0 Å². The van der Waals surface area contributed by atoms with Crippen molar-refractivity contribution in [3.05, 3.63) is 0 Å². The molecule has 1 amide bonds. The molecule has 2 unspecified atom stereocenters. The minimum atomic E-state index is -1.11. The first-order valence-corrected chi connectivity index (χ1v) is 11.0. The number of quaternary nitrogens is 1. The molecule has 0 rings (SSSR count). The average Bonchev–Trinajstić information content (AvgIpc) is 2.57. The highest BCUT2D eigenvalue weighted by Gasteiger charge is 2.33. The maximum Gasteiger partial charge on any atom is 0.220 e. The van der Waals surface area contributed by atoms with Crippen LogP contribution >= 0.6 is 0 Å². The van der Waals surface area contributed by atoms with E-state index in [1.54, 1.807) is 0 Å². The van der Waals surface area contributed by atoms with Gasteiger partial charge in [0.25, 0.3) is 0 Å². The van der Waals surface area contributed by atoms with Crippen LogP contribution in [0.2, 0.25) is 0 Å². The first kappa shape index (κ1) is 25.9. The van der Waals surface area contributed by atoms with E-state index in [0.29, 0.717) is 12.8 Å². The van der Waals surface area contributed by atoms with Crippen LogP contribution in [0.3, 0.4) is 0 Å². The minimum absolute atomic E-state index is 0.0440. The highest BCUT2D eigenvalue weighted by molar-refractivity contribution is 5.78. The van der Waals surface area contributed by atoms with Crippen LogP contribution in [0.15, 0.2) is 0 Å². The predicted octanol–water partition coefficient (Wildman–Crippen LogP) is 3.41. The molecule has 0 radical (unpaired) electrons. The normalized spacial score (nSPS) is 14.0. The summed E-state index contributed by atoms with van der Waals surface area (Å²) in [5.74, 6) is -1.15. The molecule has 0 saturated heterocycles. The second kappa shape index (κ2) is 14.9. The molecule has 5 nitrogen and oxygen atoms in total. The summed E-state index contributed by atoms with van der Waals surface area (Å²) in [5.41, 5.74) is 0. The summed E-state index contributed by atoms with van der Waals surface area (Å²) in [5, 5.41) is 14.4. The first-order valence-electron chi connectivity index (χ1n) is 11.0. The van der Waals surface area contributed by atoms with Crippen LogP contribution in [0.4, 0.5) is 0 Å². The molecule has 0 saturated carbocycles. The number of hydrogen-bond acceptors (Lipinski definition) is 3. The van der Waals surface area contributed by atoms with Crippen LogP contribution in [0.25, 0.3) is 0 Å². The number of unbranched alkanes of at least 4 members (excludes halogenated alkanes) is 10. The summed E-state index contributed by atoms with van der Waals surface area (Å²) in [6.45, 7) is 4.15. The number of carbonyl (C=O) groups excluding carboxylic acids is 2. The molecule has 0 aromatic carbocycles. The second-order valence-electron chi connectivity index (χ2n) is 8.75. The molecular weight excluding hydrogens is 340 g/mol. The Hall–Kier alpha value is -1.10. The first-order chi connectivity index (χ1) is 12.7. The van der Waals surface area contributed by atoms with E-state index < -0.39 is 18.1 Å². The number of hydrogen-bond donors (Lipinski definition) is 1. The zero-order chi connectivity index (χ0) is 20.7. The molecule has 0 aliphatic carbocycles. The number of nitrogens with zero attached hydrogens (tertiary/aromatic N) is 1. The Morgan fingerprint density at radius 1 is 0.815 bits per heavy atom. The highest BCUT2D eigenvalue weighted by Crippen LogP contribution is 2.13. The summed E-state index contributed by atoms with van der Waals surface area (Å²) < 4.78 is 0.236. The number of likely N-dealkylation sites (N-methyl/N-ethyl adjacent to an activating group) is 1. The Labute approximate surface area is 167 Å². The van der Waals surface area contributed by atoms with Gasteiger partial charge >= 0.3 is 0 Å². The van der Waals surface area contributed by atoms with Gasteiger partial charge in [-0.2, -0.15) is 0 Å². The number of rotatable bonds is 17. The Balaban J connectivity index is 3.91. The fraction of sp³-hybridized carbons (Fsp3) is 0.909. The van der Waals surface area contributed by atoms with Crippen molar-refractivity contribution >= 4 is 11.9 Å². The van der Waals surface area contributed by atoms with Gasteiger partial charge in [-0.05, 0) is 12.8 Å². The number of carbonyl (C=O) groups is 2. The van der Waals surface area contributed by atoms with E-state index >= 15 is 0 Å². The lowest BCUT2D eigenvalue weighted by Gasteiger charge is -2.39. The van der Waals surface area contributed by atoms with Gasteiger partial charge in [-0.1, -0.05) is 78.1 Å². The van der Waals surface area contributed by atoms with Crippen molar-refractivity contribution in [3.63, 3.8) is 0 Å². The molecule has 0 aromatic rings. The minimum Gasteiger partial charge on any atom is -0.544 e. The molecule has 5 heteroatoms. The van der Waals surface area contributed by atoms with Crippen LogP contribution < -0.4 is 10.4 Å². The topological polar surface area (TPSA) is 69.2 Å². The number of nitrogens with one attached hydrogen (secondary N) is 1. The lowest BCUT2D eigenvalue weighted by molar-refractivity contribution is -0.890. The van der Waals surface area contributed by atoms with Gasteiger partial charge in [0, 0.05) is 6.42 Å². The molecule has 2 atom stereocenters. The van der Waals surface area contributed by atoms with Gasteiger partial charge in [-0.15, -0.1) is 0 Å². The Morgan fingerprint density at radius 3 is 1.63 bits per heavy atom. The van der Waals surface area contributed by atoms with Gasteiger partial charge in [-0.25, -0.2) is 0 Å². The SMILES string of the molecule is CCCCCCCCCCCCCC(=O)NC(CC)C(C(=O)[O-])[N+](C)(C)C. The van der Waals surface area contributed by atoms with E-state index in [9.17, 15) is 14.7 Å². The van der Waals surface area contributed by atoms with Crippen LogP contribution in [-0.4, -0.2) is 49.6 Å². The molecule has 0 aromatic heterocycles. The summed E-state index contributed by atoms with van der Waals surface area (Å²) in [7, 11) is 5.46. The number of aliphatic carboxylic acids is 1. The van der Waals surface area contributed by atoms with Crippen molar-refractivity contribution in [2.24, 2.45) is 0 Å². The van der Waals surface area contributed by atoms with Crippen LogP contribution in [0.5, 0.6) is 0 Å². The van der Waals surface area contributed by atoms with Crippen molar-refractivity contribution in [2.45, 2.75) is 109 Å². The standard InChI is InChI=1S/C22H44N2O3/c1-6-8-9-10-11-12-13-14-15-16-17-18-20(25)23-19(7-2)21(22(26)27)24(3,4)5/h19,21H,6-18H2,1-5H3,(H-,23,25,26,27). The van der Waals surface area contributed by atoms with Crippen molar-refractivity contribution in [1.82, 2.24) is 5.32 Å². The summed E-state index contributed by atoms with van der Waals surface area (Å²) in [4.78, 5) is 23.7. The highest BCUT2D eigenvalue weighted by atomic mass is 16.4. The third kappa shape index (κ3) is 12.8. The zero-order valence-electron chi connectivity index (χ0n) is 18.5. The molecule has 0 fully saturated rings. The fourth-order valence-corrected chi connectivity index (χ4v) is 3.65. The largest absolute Gasteiger partial charge is 0.544 e. The van der Waals surface area contributed by atoms with Gasteiger partial charge in [0.15, 0.2) is 0 Å². The summed E-state index contributed by atoms with van der Waals surface area (Å²) in [6, 6.07) is -1.13. The molecule has 0 aliphatic heterocycles. The molecule has 0 heterocycles. The van der Waals surface area contributed by atoms with E-state index in [1.165, 1.54) is 57.8 Å². The summed E-state index contributed by atoms with van der Waals surface area (Å²) in [6.07, 6.45) is 14.8. The summed E-state index contributed by atoms with van der Waals surface area (Å²) >= 11 is 0. The van der Waals surface area contributed by atoms with Gasteiger partial charge in [-0.3, -0.25) is 4.79 Å². The zero-order valence-corrected chi connectivity index (χ0v) is 18.5. The van der Waals surface area contributed by atoms with Gasteiger partial charge in [0.1, 0.15) is 12.0 Å². The van der Waals surface area contributed by atoms with E-state index in [-0.39, 0.29) is 10.4 Å². The Bertz CT molecular complexity index is 405. The maximum atomic E-state index is 12.2. The molecule has 0 aliphatic rings. The molecule has 160 valence electrons. The lowest BCUT2D eigenvalue weighted by Crippen LogP contribution is -2.64. The average molecular weight is 385 g/mol. The molecule has 0 spiro atoms. The lowest BCUT2D eigenvalue weighted by atomic mass is 10.0.